The quantitative estimate of drug-likeness (QED) is 0.802. The highest BCUT2D eigenvalue weighted by Gasteiger charge is 2.47. The molecule has 7 heteroatoms. The number of amides is 1. The van der Waals surface area contributed by atoms with Crippen molar-refractivity contribution in [3.05, 3.63) is 24.5 Å². The van der Waals surface area contributed by atoms with E-state index in [0.717, 1.165) is 13.1 Å². The third-order valence-electron chi connectivity index (χ3n) is 4.87. The second-order valence-corrected chi connectivity index (χ2v) is 6.98. The van der Waals surface area contributed by atoms with Crippen LogP contribution in [0.5, 0.6) is 5.75 Å². The second kappa shape index (κ2) is 8.12. The molecule has 0 spiro atoms. The van der Waals surface area contributed by atoms with Crippen molar-refractivity contribution in [1.82, 2.24) is 15.2 Å². The van der Waals surface area contributed by atoms with Gasteiger partial charge >= 0.3 is 0 Å². The van der Waals surface area contributed by atoms with Gasteiger partial charge in [-0.15, -0.1) is 0 Å². The zero-order valence-electron chi connectivity index (χ0n) is 14.8. The lowest BCUT2D eigenvalue weighted by molar-refractivity contribution is -0.125. The number of nitrogens with zero attached hydrogens (tertiary/aromatic N) is 2. The van der Waals surface area contributed by atoms with E-state index in [1.165, 1.54) is 0 Å². The fraction of sp³-hybridized carbons (Fsp3) is 0.667. The molecular formula is C18H27N3O4. The van der Waals surface area contributed by atoms with Crippen LogP contribution in [0.1, 0.15) is 20.3 Å². The second-order valence-electron chi connectivity index (χ2n) is 6.98. The van der Waals surface area contributed by atoms with Crippen LogP contribution in [-0.4, -0.2) is 71.5 Å². The lowest BCUT2D eigenvalue weighted by atomic mass is 10.1. The molecule has 4 atom stereocenters. The van der Waals surface area contributed by atoms with Crippen LogP contribution in [0.3, 0.4) is 0 Å². The Morgan fingerprint density at radius 3 is 2.84 bits per heavy atom. The molecule has 0 radical (unpaired) electrons. The molecular weight excluding hydrogens is 322 g/mol. The number of aromatic nitrogens is 1. The van der Waals surface area contributed by atoms with Crippen LogP contribution in [0.25, 0.3) is 0 Å². The van der Waals surface area contributed by atoms with Gasteiger partial charge in [0, 0.05) is 31.6 Å². The molecule has 0 aromatic carbocycles. The topological polar surface area (TPSA) is 83.9 Å². The van der Waals surface area contributed by atoms with Crippen molar-refractivity contribution in [3.63, 3.8) is 0 Å². The fourth-order valence-electron chi connectivity index (χ4n) is 3.54. The molecule has 1 amide bonds. The normalized spacial score (nSPS) is 30.4. The standard InChI is InChI=1S/C18H27N3O4/c1-12(2)18(23)20-14-10-15(25-13-4-3-5-19-11-13)17(22)16(14)21-6-8-24-9-7-21/h3-5,11-12,14-17,22H,6-10H2,1-2H3,(H,20,23)/t14-,15-,16+,17+/m1/s1. The maximum atomic E-state index is 12.2. The molecule has 7 nitrogen and oxygen atoms in total. The van der Waals surface area contributed by atoms with E-state index in [4.69, 9.17) is 9.47 Å². The van der Waals surface area contributed by atoms with Crippen LogP contribution in [0.15, 0.2) is 24.5 Å². The molecule has 0 bridgehead atoms. The minimum absolute atomic E-state index is 0.00233. The molecule has 25 heavy (non-hydrogen) atoms. The van der Waals surface area contributed by atoms with E-state index in [0.29, 0.717) is 25.4 Å². The van der Waals surface area contributed by atoms with Crippen LogP contribution >= 0.6 is 0 Å². The van der Waals surface area contributed by atoms with E-state index in [2.05, 4.69) is 15.2 Å². The SMILES string of the molecule is CC(C)C(=O)N[C@@H]1C[C@@H](Oc2cccnc2)[C@H](O)[C@H]1N1CCOCC1. The molecule has 1 aliphatic carbocycles. The molecule has 0 unspecified atom stereocenters. The van der Waals surface area contributed by atoms with E-state index >= 15 is 0 Å². The Labute approximate surface area is 148 Å². The van der Waals surface area contributed by atoms with Crippen molar-refractivity contribution in [2.24, 2.45) is 5.92 Å². The van der Waals surface area contributed by atoms with Gasteiger partial charge in [-0.3, -0.25) is 14.7 Å². The van der Waals surface area contributed by atoms with Crippen molar-refractivity contribution in [3.8, 4) is 5.75 Å². The third kappa shape index (κ3) is 4.29. The molecule has 1 saturated carbocycles. The van der Waals surface area contributed by atoms with Gasteiger partial charge in [0.2, 0.25) is 5.91 Å². The Kier molecular flexibility index (Phi) is 5.88. The first kappa shape index (κ1) is 18.1. The number of nitrogens with one attached hydrogen (secondary N) is 1. The maximum absolute atomic E-state index is 12.2. The molecule has 1 aliphatic heterocycles. The van der Waals surface area contributed by atoms with Gasteiger partial charge in [0.1, 0.15) is 18.0 Å². The predicted octanol–water partition coefficient (Wildman–Crippen LogP) is 0.435. The van der Waals surface area contributed by atoms with Gasteiger partial charge in [0.05, 0.1) is 31.5 Å². The van der Waals surface area contributed by atoms with Gasteiger partial charge in [0.25, 0.3) is 0 Å². The van der Waals surface area contributed by atoms with Crippen LogP contribution in [-0.2, 0) is 9.53 Å². The van der Waals surface area contributed by atoms with Crippen molar-refractivity contribution in [1.29, 1.82) is 0 Å². The number of ether oxygens (including phenoxy) is 2. The summed E-state index contributed by atoms with van der Waals surface area (Å²) in [6.45, 7) is 6.51. The average molecular weight is 349 g/mol. The summed E-state index contributed by atoms with van der Waals surface area (Å²) in [5, 5.41) is 14.0. The summed E-state index contributed by atoms with van der Waals surface area (Å²) in [7, 11) is 0. The van der Waals surface area contributed by atoms with Crippen molar-refractivity contribution < 1.29 is 19.4 Å². The van der Waals surface area contributed by atoms with Crippen LogP contribution in [0.2, 0.25) is 0 Å². The number of aliphatic hydroxyl groups excluding tert-OH is 1. The Bertz CT molecular complexity index is 563. The van der Waals surface area contributed by atoms with E-state index in [1.54, 1.807) is 18.5 Å². The Morgan fingerprint density at radius 1 is 1.44 bits per heavy atom. The van der Waals surface area contributed by atoms with Gasteiger partial charge in [-0.05, 0) is 12.1 Å². The number of pyridine rings is 1. The number of carbonyl (C=O) groups is 1. The highest BCUT2D eigenvalue weighted by Crippen LogP contribution is 2.29. The molecule has 2 N–H and O–H groups in total. The minimum atomic E-state index is -0.684. The summed E-state index contributed by atoms with van der Waals surface area (Å²) < 4.78 is 11.4. The molecule has 1 aromatic rings. The molecule has 138 valence electrons. The van der Waals surface area contributed by atoms with Crippen LogP contribution < -0.4 is 10.1 Å². The molecule has 3 rings (SSSR count). The van der Waals surface area contributed by atoms with E-state index in [-0.39, 0.29) is 30.0 Å². The van der Waals surface area contributed by atoms with E-state index in [1.807, 2.05) is 19.9 Å². The van der Waals surface area contributed by atoms with Crippen molar-refractivity contribution in [2.45, 2.75) is 44.6 Å². The minimum Gasteiger partial charge on any atom is -0.486 e. The van der Waals surface area contributed by atoms with Gasteiger partial charge in [0.15, 0.2) is 0 Å². The van der Waals surface area contributed by atoms with Crippen LogP contribution in [0.4, 0.5) is 0 Å². The maximum Gasteiger partial charge on any atom is 0.222 e. The number of hydrogen-bond donors (Lipinski definition) is 2. The Morgan fingerprint density at radius 2 is 2.20 bits per heavy atom. The number of aliphatic hydroxyl groups is 1. The first-order valence-electron chi connectivity index (χ1n) is 8.93. The molecule has 2 heterocycles. The monoisotopic (exact) mass is 349 g/mol. The number of morpholine rings is 1. The first-order chi connectivity index (χ1) is 12.1. The zero-order valence-corrected chi connectivity index (χ0v) is 14.8. The summed E-state index contributed by atoms with van der Waals surface area (Å²) in [5.41, 5.74) is 0. The van der Waals surface area contributed by atoms with E-state index in [9.17, 15) is 9.90 Å². The van der Waals surface area contributed by atoms with Crippen molar-refractivity contribution >= 4 is 5.91 Å². The number of rotatable bonds is 5. The summed E-state index contributed by atoms with van der Waals surface area (Å²) in [6.07, 6.45) is 2.82. The van der Waals surface area contributed by atoms with Gasteiger partial charge in [-0.1, -0.05) is 13.8 Å². The average Bonchev–Trinajstić information content (AvgIpc) is 2.91. The number of hydrogen-bond acceptors (Lipinski definition) is 6. The molecule has 1 saturated heterocycles. The number of carbonyl (C=O) groups excluding carboxylic acids is 1. The summed E-state index contributed by atoms with van der Waals surface area (Å²) >= 11 is 0. The summed E-state index contributed by atoms with van der Waals surface area (Å²) in [4.78, 5) is 18.5. The van der Waals surface area contributed by atoms with E-state index < -0.39 is 6.10 Å². The predicted molar refractivity (Wildman–Crippen MR) is 92.2 cm³/mol. The van der Waals surface area contributed by atoms with Gasteiger partial charge in [-0.2, -0.15) is 0 Å². The largest absolute Gasteiger partial charge is 0.486 e. The molecule has 1 aromatic heterocycles. The van der Waals surface area contributed by atoms with Gasteiger partial charge < -0.3 is 19.9 Å². The van der Waals surface area contributed by atoms with Crippen molar-refractivity contribution in [2.75, 3.05) is 26.3 Å². The third-order valence-corrected chi connectivity index (χ3v) is 4.87. The van der Waals surface area contributed by atoms with Gasteiger partial charge in [-0.25, -0.2) is 0 Å². The summed E-state index contributed by atoms with van der Waals surface area (Å²) in [5.74, 6) is 0.529. The highest BCUT2D eigenvalue weighted by atomic mass is 16.5. The molecule has 2 aliphatic rings. The zero-order chi connectivity index (χ0) is 17.8. The first-order valence-corrected chi connectivity index (χ1v) is 8.93. The lowest BCUT2D eigenvalue weighted by Crippen LogP contribution is -2.56. The Balaban J connectivity index is 1.74. The Hall–Kier alpha value is -1.70. The van der Waals surface area contributed by atoms with Crippen LogP contribution in [0, 0.1) is 5.92 Å². The highest BCUT2D eigenvalue weighted by molar-refractivity contribution is 5.78. The lowest BCUT2D eigenvalue weighted by Gasteiger charge is -2.37. The summed E-state index contributed by atoms with van der Waals surface area (Å²) in [6, 6.07) is 3.30. The molecule has 2 fully saturated rings. The fourth-order valence-corrected chi connectivity index (χ4v) is 3.54. The smallest absolute Gasteiger partial charge is 0.222 e.